The second-order valence-electron chi connectivity index (χ2n) is 3.67. The van der Waals surface area contributed by atoms with Gasteiger partial charge < -0.3 is 5.73 Å². The van der Waals surface area contributed by atoms with Crippen molar-refractivity contribution >= 4 is 47.6 Å². The minimum absolute atomic E-state index is 0.0241. The summed E-state index contributed by atoms with van der Waals surface area (Å²) in [4.78, 5) is 0. The zero-order valence-corrected chi connectivity index (χ0v) is 13.3. The van der Waals surface area contributed by atoms with Gasteiger partial charge in [-0.3, -0.25) is 4.72 Å². The molecule has 1 aromatic rings. The molecular weight excluding hydrogens is 372 g/mol. The fourth-order valence-electron chi connectivity index (χ4n) is 1.28. The lowest BCUT2D eigenvalue weighted by molar-refractivity contribution is 0.598. The van der Waals surface area contributed by atoms with E-state index in [1.165, 1.54) is 0 Å². The van der Waals surface area contributed by atoms with Crippen LogP contribution in [0.5, 0.6) is 0 Å². The second-order valence-corrected chi connectivity index (χ2v) is 7.22. The van der Waals surface area contributed by atoms with Crippen LogP contribution in [0.3, 0.4) is 0 Å². The minimum Gasteiger partial charge on any atom is -0.330 e. The Balaban J connectivity index is 2.96. The summed E-state index contributed by atoms with van der Waals surface area (Å²) in [5, 5.41) is 0. The SMILES string of the molecule is Cc1cc(Br)c(NS(=O)(=O)CCCN)c(Br)c1. The first-order chi connectivity index (χ1) is 7.85. The molecule has 0 aliphatic carbocycles. The fourth-order valence-corrected chi connectivity index (χ4v) is 4.33. The lowest BCUT2D eigenvalue weighted by Gasteiger charge is -2.12. The Morgan fingerprint density at radius 3 is 2.29 bits per heavy atom. The van der Waals surface area contributed by atoms with Crippen molar-refractivity contribution in [3.05, 3.63) is 26.6 Å². The first-order valence-electron chi connectivity index (χ1n) is 5.02. The summed E-state index contributed by atoms with van der Waals surface area (Å²) in [6.45, 7) is 2.29. The molecule has 17 heavy (non-hydrogen) atoms. The molecule has 0 atom stereocenters. The first kappa shape index (κ1) is 14.9. The number of sulfonamides is 1. The molecule has 0 spiro atoms. The molecule has 0 radical (unpaired) electrons. The molecule has 1 rings (SSSR count). The van der Waals surface area contributed by atoms with Gasteiger partial charge in [-0.05, 0) is 69.4 Å². The molecular formula is C10H14Br2N2O2S. The summed E-state index contributed by atoms with van der Waals surface area (Å²) in [6, 6.07) is 3.71. The van der Waals surface area contributed by atoms with E-state index in [1.807, 2.05) is 19.1 Å². The zero-order valence-electron chi connectivity index (χ0n) is 9.33. The molecule has 7 heteroatoms. The van der Waals surface area contributed by atoms with Crippen LogP contribution in [0.1, 0.15) is 12.0 Å². The molecule has 0 unspecified atom stereocenters. The van der Waals surface area contributed by atoms with E-state index in [-0.39, 0.29) is 5.75 Å². The van der Waals surface area contributed by atoms with Crippen LogP contribution in [0.25, 0.3) is 0 Å². The van der Waals surface area contributed by atoms with Gasteiger partial charge in [-0.15, -0.1) is 0 Å². The van der Waals surface area contributed by atoms with E-state index >= 15 is 0 Å². The van der Waals surface area contributed by atoms with Crippen LogP contribution in [0.4, 0.5) is 5.69 Å². The summed E-state index contributed by atoms with van der Waals surface area (Å²) in [7, 11) is -3.34. The van der Waals surface area contributed by atoms with Crippen LogP contribution >= 0.6 is 31.9 Å². The smallest absolute Gasteiger partial charge is 0.232 e. The van der Waals surface area contributed by atoms with E-state index in [0.29, 0.717) is 27.6 Å². The highest BCUT2D eigenvalue weighted by Gasteiger charge is 2.14. The van der Waals surface area contributed by atoms with Crippen LogP contribution in [-0.4, -0.2) is 20.7 Å². The Kier molecular flexibility index (Phi) is 5.43. The topological polar surface area (TPSA) is 72.2 Å². The van der Waals surface area contributed by atoms with Crippen molar-refractivity contribution in [1.82, 2.24) is 0 Å². The third-order valence-corrected chi connectivity index (χ3v) is 4.65. The number of nitrogens with one attached hydrogen (secondary N) is 1. The van der Waals surface area contributed by atoms with Gasteiger partial charge in [0.25, 0.3) is 0 Å². The van der Waals surface area contributed by atoms with Crippen molar-refractivity contribution in [1.29, 1.82) is 0 Å². The number of aryl methyl sites for hydroxylation is 1. The molecule has 0 aliphatic rings. The van der Waals surface area contributed by atoms with Crippen molar-refractivity contribution in [3.8, 4) is 0 Å². The van der Waals surface area contributed by atoms with Crippen molar-refractivity contribution in [2.24, 2.45) is 5.73 Å². The highest BCUT2D eigenvalue weighted by molar-refractivity contribution is 9.11. The molecule has 0 fully saturated rings. The highest BCUT2D eigenvalue weighted by atomic mass is 79.9. The molecule has 96 valence electrons. The Labute approximate surface area is 118 Å². The normalized spacial score (nSPS) is 11.5. The molecule has 1 aromatic carbocycles. The Hall–Kier alpha value is -0.110. The van der Waals surface area contributed by atoms with Gasteiger partial charge in [0, 0.05) is 8.95 Å². The minimum atomic E-state index is -3.34. The van der Waals surface area contributed by atoms with Gasteiger partial charge in [0.05, 0.1) is 11.4 Å². The number of rotatable bonds is 5. The molecule has 3 N–H and O–H groups in total. The Bertz CT molecular complexity index is 480. The second kappa shape index (κ2) is 6.17. The maximum atomic E-state index is 11.7. The molecule has 0 aromatic heterocycles. The fraction of sp³-hybridized carbons (Fsp3) is 0.400. The third-order valence-electron chi connectivity index (χ3n) is 2.06. The van der Waals surface area contributed by atoms with E-state index in [4.69, 9.17) is 5.73 Å². The van der Waals surface area contributed by atoms with Gasteiger partial charge in [-0.25, -0.2) is 8.42 Å². The Morgan fingerprint density at radius 1 is 1.29 bits per heavy atom. The number of halogens is 2. The van der Waals surface area contributed by atoms with E-state index in [9.17, 15) is 8.42 Å². The van der Waals surface area contributed by atoms with Crippen molar-refractivity contribution in [2.45, 2.75) is 13.3 Å². The number of hydrogen-bond acceptors (Lipinski definition) is 3. The van der Waals surface area contributed by atoms with E-state index in [2.05, 4.69) is 36.6 Å². The predicted molar refractivity (Wildman–Crippen MR) is 77.7 cm³/mol. The molecule has 0 heterocycles. The maximum absolute atomic E-state index is 11.7. The number of anilines is 1. The van der Waals surface area contributed by atoms with Gasteiger partial charge in [0.15, 0.2) is 0 Å². The van der Waals surface area contributed by atoms with Gasteiger partial charge in [-0.2, -0.15) is 0 Å². The molecule has 0 saturated carbocycles. The van der Waals surface area contributed by atoms with Crippen molar-refractivity contribution in [3.63, 3.8) is 0 Å². The average molecular weight is 386 g/mol. The lowest BCUT2D eigenvalue weighted by atomic mass is 10.2. The molecule has 0 amide bonds. The van der Waals surface area contributed by atoms with Crippen LogP contribution in [0.2, 0.25) is 0 Å². The summed E-state index contributed by atoms with van der Waals surface area (Å²) < 4.78 is 27.4. The lowest BCUT2D eigenvalue weighted by Crippen LogP contribution is -2.19. The highest BCUT2D eigenvalue weighted by Crippen LogP contribution is 2.33. The van der Waals surface area contributed by atoms with Gasteiger partial charge in [0.2, 0.25) is 10.0 Å². The number of benzene rings is 1. The van der Waals surface area contributed by atoms with Gasteiger partial charge >= 0.3 is 0 Å². The molecule has 0 bridgehead atoms. The van der Waals surface area contributed by atoms with Crippen LogP contribution in [0, 0.1) is 6.92 Å². The van der Waals surface area contributed by atoms with E-state index in [1.54, 1.807) is 0 Å². The number of hydrogen-bond donors (Lipinski definition) is 2. The van der Waals surface area contributed by atoms with Crippen molar-refractivity contribution in [2.75, 3.05) is 17.0 Å². The Morgan fingerprint density at radius 2 is 1.82 bits per heavy atom. The largest absolute Gasteiger partial charge is 0.330 e. The molecule has 4 nitrogen and oxygen atoms in total. The number of nitrogens with two attached hydrogens (primary N) is 1. The third kappa shape index (κ3) is 4.57. The zero-order chi connectivity index (χ0) is 13.1. The van der Waals surface area contributed by atoms with Gasteiger partial charge in [-0.1, -0.05) is 0 Å². The van der Waals surface area contributed by atoms with Gasteiger partial charge in [0.1, 0.15) is 0 Å². The first-order valence-corrected chi connectivity index (χ1v) is 8.26. The predicted octanol–water partition coefficient (Wildman–Crippen LogP) is 2.61. The summed E-state index contributed by atoms with van der Waals surface area (Å²) in [6.07, 6.45) is 0.441. The standard InChI is InChI=1S/C10H14Br2N2O2S/c1-7-5-8(11)10(9(12)6-7)14-17(15,16)4-2-3-13/h5-6,14H,2-4,13H2,1H3. The van der Waals surface area contributed by atoms with E-state index < -0.39 is 10.0 Å². The molecule has 0 aliphatic heterocycles. The maximum Gasteiger partial charge on any atom is 0.232 e. The average Bonchev–Trinajstić information content (AvgIpc) is 2.21. The van der Waals surface area contributed by atoms with Crippen LogP contribution < -0.4 is 10.5 Å². The quantitative estimate of drug-likeness (QED) is 0.818. The molecule has 0 saturated heterocycles. The summed E-state index contributed by atoms with van der Waals surface area (Å²) in [5.74, 6) is 0.0241. The van der Waals surface area contributed by atoms with Crippen molar-refractivity contribution < 1.29 is 8.42 Å². The summed E-state index contributed by atoms with van der Waals surface area (Å²) >= 11 is 6.67. The van der Waals surface area contributed by atoms with E-state index in [0.717, 1.165) is 5.56 Å². The van der Waals surface area contributed by atoms with Crippen LogP contribution in [0.15, 0.2) is 21.1 Å². The monoisotopic (exact) mass is 384 g/mol. The van der Waals surface area contributed by atoms with Crippen LogP contribution in [-0.2, 0) is 10.0 Å². The summed E-state index contributed by atoms with van der Waals surface area (Å²) in [5.41, 5.74) is 6.85.